The molecule has 6 nitrogen and oxygen atoms in total. The Labute approximate surface area is 203 Å². The predicted octanol–water partition coefficient (Wildman–Crippen LogP) is 5.74. The lowest BCUT2D eigenvalue weighted by Crippen LogP contribution is -2.48. The van der Waals surface area contributed by atoms with Crippen LogP contribution in [0.5, 0.6) is 0 Å². The first kappa shape index (κ1) is 25.0. The van der Waals surface area contributed by atoms with Gasteiger partial charge in [-0.2, -0.15) is 8.78 Å². The number of nitrogens with zero attached hydrogens (tertiary/aromatic N) is 4. The van der Waals surface area contributed by atoms with Crippen LogP contribution in [0.3, 0.4) is 0 Å². The van der Waals surface area contributed by atoms with E-state index in [9.17, 15) is 13.9 Å². The predicted molar refractivity (Wildman–Crippen MR) is 134 cm³/mol. The largest absolute Gasteiger partial charge is 0.384 e. The van der Waals surface area contributed by atoms with E-state index in [1.54, 1.807) is 13.8 Å². The molecule has 0 unspecified atom stereocenters. The number of nitrogens with one attached hydrogen (secondary N) is 1. The van der Waals surface area contributed by atoms with E-state index in [2.05, 4.69) is 38.9 Å². The molecule has 1 aromatic heterocycles. The summed E-state index contributed by atoms with van der Waals surface area (Å²) in [6.07, 6.45) is 0. The number of hydrogen-bond acceptors (Lipinski definition) is 6. The van der Waals surface area contributed by atoms with E-state index in [-0.39, 0.29) is 11.2 Å². The first-order chi connectivity index (χ1) is 16.1. The fourth-order valence-corrected chi connectivity index (χ4v) is 4.47. The van der Waals surface area contributed by atoms with Crippen LogP contribution in [0.1, 0.15) is 57.6 Å². The molecular weight excluding hydrogens is 455 g/mol. The molecule has 0 bridgehead atoms. The Balaban J connectivity index is 1.78. The van der Waals surface area contributed by atoms with Crippen LogP contribution in [-0.2, 0) is 5.92 Å². The first-order valence-electron chi connectivity index (χ1n) is 11.5. The van der Waals surface area contributed by atoms with Gasteiger partial charge in [0.15, 0.2) is 0 Å². The number of rotatable bonds is 5. The number of alkyl halides is 2. The number of fused-ring (bicyclic) bond motifs is 2. The maximum absolute atomic E-state index is 15.3. The Morgan fingerprint density at radius 2 is 1.66 bits per heavy atom. The fourth-order valence-electron chi connectivity index (χ4n) is 4.47. The van der Waals surface area contributed by atoms with E-state index in [0.717, 1.165) is 42.2 Å². The van der Waals surface area contributed by atoms with E-state index < -0.39 is 28.9 Å². The van der Waals surface area contributed by atoms with Crippen molar-refractivity contribution in [3.05, 3.63) is 53.1 Å². The van der Waals surface area contributed by atoms with Gasteiger partial charge in [0.25, 0.3) is 0 Å². The number of aromatic nitrogens is 2. The summed E-state index contributed by atoms with van der Waals surface area (Å²) in [6, 6.07) is 7.15. The highest BCUT2D eigenvalue weighted by Crippen LogP contribution is 2.46. The van der Waals surface area contributed by atoms with Crippen molar-refractivity contribution in [2.45, 2.75) is 64.8 Å². The Morgan fingerprint density at radius 1 is 1.06 bits per heavy atom. The third-order valence-corrected chi connectivity index (χ3v) is 7.22. The SMILES string of the molecule is Cc1nc(N[C@H](C)c2cccc(C(F)(F)C(C)(C)O)c2F)c2cc3c(cc2n1)N(C)C(C)(C)N3C. The molecule has 0 saturated heterocycles. The third kappa shape index (κ3) is 3.86. The van der Waals surface area contributed by atoms with E-state index in [0.29, 0.717) is 11.6 Å². The molecule has 0 aliphatic carbocycles. The van der Waals surface area contributed by atoms with Gasteiger partial charge in [-0.25, -0.2) is 14.4 Å². The lowest BCUT2D eigenvalue weighted by molar-refractivity contribution is -0.170. The second-order valence-electron chi connectivity index (χ2n) is 10.3. The number of benzene rings is 2. The average molecular weight is 488 g/mol. The van der Waals surface area contributed by atoms with Crippen molar-refractivity contribution < 1.29 is 18.3 Å². The Kier molecular flexibility index (Phi) is 5.71. The molecule has 3 aromatic rings. The van der Waals surface area contributed by atoms with Crippen molar-refractivity contribution in [3.63, 3.8) is 0 Å². The third-order valence-electron chi connectivity index (χ3n) is 7.22. The van der Waals surface area contributed by atoms with E-state index >= 15 is 4.39 Å². The fraction of sp³-hybridized carbons (Fsp3) is 0.462. The summed E-state index contributed by atoms with van der Waals surface area (Å²) in [6.45, 7) is 9.62. The van der Waals surface area contributed by atoms with Crippen LogP contribution < -0.4 is 15.1 Å². The molecule has 2 aromatic carbocycles. The van der Waals surface area contributed by atoms with Gasteiger partial charge in [0.1, 0.15) is 28.7 Å². The zero-order chi connectivity index (χ0) is 26.1. The quantitative estimate of drug-likeness (QED) is 0.479. The molecule has 0 saturated carbocycles. The Bertz CT molecular complexity index is 1300. The number of halogens is 3. The normalized spacial score (nSPS) is 16.6. The van der Waals surface area contributed by atoms with Crippen molar-refractivity contribution in [2.24, 2.45) is 0 Å². The molecule has 1 atom stereocenters. The van der Waals surface area contributed by atoms with Gasteiger partial charge in [-0.3, -0.25) is 0 Å². The van der Waals surface area contributed by atoms with Crippen LogP contribution in [-0.4, -0.2) is 40.4 Å². The van der Waals surface area contributed by atoms with E-state index in [1.165, 1.54) is 12.1 Å². The molecule has 4 rings (SSSR count). The molecule has 0 spiro atoms. The van der Waals surface area contributed by atoms with Crippen LogP contribution in [0, 0.1) is 12.7 Å². The monoisotopic (exact) mass is 487 g/mol. The van der Waals surface area contributed by atoms with Crippen molar-refractivity contribution in [1.29, 1.82) is 0 Å². The minimum absolute atomic E-state index is 0.0509. The van der Waals surface area contributed by atoms with Crippen molar-refractivity contribution in [3.8, 4) is 0 Å². The molecule has 0 amide bonds. The molecule has 1 aliphatic heterocycles. The van der Waals surface area contributed by atoms with Crippen molar-refractivity contribution in [1.82, 2.24) is 9.97 Å². The van der Waals surface area contributed by atoms with E-state index in [4.69, 9.17) is 0 Å². The second-order valence-corrected chi connectivity index (χ2v) is 10.3. The molecule has 2 heterocycles. The highest BCUT2D eigenvalue weighted by molar-refractivity contribution is 5.98. The van der Waals surface area contributed by atoms with Crippen LogP contribution in [0.4, 0.5) is 30.4 Å². The minimum atomic E-state index is -3.77. The van der Waals surface area contributed by atoms with Gasteiger partial charge in [0, 0.05) is 25.0 Å². The highest BCUT2D eigenvalue weighted by atomic mass is 19.3. The topological polar surface area (TPSA) is 64.5 Å². The lowest BCUT2D eigenvalue weighted by Gasteiger charge is -2.36. The number of aryl methyl sites for hydroxylation is 1. The van der Waals surface area contributed by atoms with Crippen LogP contribution in [0.15, 0.2) is 30.3 Å². The molecule has 1 aliphatic rings. The molecule has 35 heavy (non-hydrogen) atoms. The van der Waals surface area contributed by atoms with Gasteiger partial charge in [0.05, 0.1) is 28.5 Å². The summed E-state index contributed by atoms with van der Waals surface area (Å²) in [5.74, 6) is -3.81. The maximum Gasteiger partial charge on any atom is 0.303 e. The van der Waals surface area contributed by atoms with Crippen LogP contribution >= 0.6 is 0 Å². The zero-order valence-corrected chi connectivity index (χ0v) is 21.3. The lowest BCUT2D eigenvalue weighted by atomic mass is 9.91. The van der Waals surface area contributed by atoms with Gasteiger partial charge in [-0.15, -0.1) is 0 Å². The first-order valence-corrected chi connectivity index (χ1v) is 11.5. The number of anilines is 3. The van der Waals surface area contributed by atoms with Crippen molar-refractivity contribution in [2.75, 3.05) is 29.2 Å². The highest BCUT2D eigenvalue weighted by Gasteiger charge is 2.49. The summed E-state index contributed by atoms with van der Waals surface area (Å²) in [5.41, 5.74) is -0.679. The van der Waals surface area contributed by atoms with Gasteiger partial charge < -0.3 is 20.2 Å². The smallest absolute Gasteiger partial charge is 0.303 e. The summed E-state index contributed by atoms with van der Waals surface area (Å²) in [7, 11) is 4.05. The zero-order valence-electron chi connectivity index (χ0n) is 21.3. The van der Waals surface area contributed by atoms with Gasteiger partial charge >= 0.3 is 5.92 Å². The summed E-state index contributed by atoms with van der Waals surface area (Å²) >= 11 is 0. The molecule has 9 heteroatoms. The second kappa shape index (κ2) is 7.98. The van der Waals surface area contributed by atoms with Crippen LogP contribution in [0.2, 0.25) is 0 Å². The van der Waals surface area contributed by atoms with Crippen LogP contribution in [0.25, 0.3) is 10.9 Å². The minimum Gasteiger partial charge on any atom is -0.384 e. The molecule has 0 fully saturated rings. The van der Waals surface area contributed by atoms with Gasteiger partial charge in [-0.05, 0) is 59.7 Å². The van der Waals surface area contributed by atoms with Gasteiger partial charge in [0.2, 0.25) is 0 Å². The molecule has 188 valence electrons. The standard InChI is InChI=1S/C26H32F3N5O/c1-14(16-10-9-11-18(22(16)27)26(28,29)24(3,4)35)30-23-17-12-20-21(13-19(17)31-15(2)32-23)34(8)25(5,6)33(20)7/h9-14,35H,1-8H3,(H,30,31,32)/t14-/m1/s1. The summed E-state index contributed by atoms with van der Waals surface area (Å²) < 4.78 is 44.9. The van der Waals surface area contributed by atoms with Gasteiger partial charge in [-0.1, -0.05) is 12.1 Å². The average Bonchev–Trinajstić information content (AvgIpc) is 2.91. The summed E-state index contributed by atoms with van der Waals surface area (Å²) in [4.78, 5) is 13.5. The molecule has 2 N–H and O–H groups in total. The van der Waals surface area contributed by atoms with E-state index in [1.807, 2.05) is 26.2 Å². The molecular formula is C26H32F3N5O. The number of hydrogen-bond donors (Lipinski definition) is 2. The maximum atomic E-state index is 15.3. The summed E-state index contributed by atoms with van der Waals surface area (Å²) in [5, 5.41) is 13.9. The Morgan fingerprint density at radius 3 is 2.26 bits per heavy atom. The number of aliphatic hydroxyl groups is 1. The Hall–Kier alpha value is -3.07. The molecule has 0 radical (unpaired) electrons. The van der Waals surface area contributed by atoms with Crippen molar-refractivity contribution >= 4 is 28.1 Å².